The largest absolute Gasteiger partial charge is 0.331 e. The topological polar surface area (TPSA) is 63.1 Å². The molecule has 0 radical (unpaired) electrons. The molecule has 134 valence electrons. The number of hydrogen-bond donors (Lipinski definition) is 1. The number of thiophene rings is 1. The van der Waals surface area contributed by atoms with E-state index >= 15 is 0 Å². The Balaban J connectivity index is 1.76. The maximum atomic E-state index is 13.3. The van der Waals surface area contributed by atoms with Crippen LogP contribution in [-0.4, -0.2) is 51.2 Å². The molecule has 6 nitrogen and oxygen atoms in total. The Morgan fingerprint density at radius 2 is 2.12 bits per heavy atom. The first-order chi connectivity index (χ1) is 12.6. The molecule has 0 unspecified atom stereocenters. The minimum atomic E-state index is -0.322. The van der Waals surface area contributed by atoms with Crippen molar-refractivity contribution in [3.05, 3.63) is 53.4 Å². The lowest BCUT2D eigenvalue weighted by molar-refractivity contribution is 0.0643. The zero-order valence-corrected chi connectivity index (χ0v) is 15.0. The molecule has 2 aromatic heterocycles. The average molecular weight is 371 g/mol. The van der Waals surface area contributed by atoms with Crippen molar-refractivity contribution in [1.82, 2.24) is 25.0 Å². The Hall–Kier alpha value is -2.58. The molecule has 0 aliphatic carbocycles. The molecule has 1 N–H and O–H groups in total. The molecular formula is C18H18FN5OS. The summed E-state index contributed by atoms with van der Waals surface area (Å²) < 4.78 is 14.9. The zero-order chi connectivity index (χ0) is 18.1. The fourth-order valence-corrected chi connectivity index (χ4v) is 3.70. The van der Waals surface area contributed by atoms with E-state index in [4.69, 9.17) is 0 Å². The van der Waals surface area contributed by atoms with Gasteiger partial charge in [-0.1, -0.05) is 6.07 Å². The van der Waals surface area contributed by atoms with Gasteiger partial charge in [-0.2, -0.15) is 0 Å². The van der Waals surface area contributed by atoms with Gasteiger partial charge in [0.1, 0.15) is 5.82 Å². The Morgan fingerprint density at radius 1 is 1.31 bits per heavy atom. The van der Waals surface area contributed by atoms with Crippen molar-refractivity contribution in [2.75, 3.05) is 19.6 Å². The second-order valence-electron chi connectivity index (χ2n) is 6.18. The molecule has 1 aromatic carbocycles. The van der Waals surface area contributed by atoms with Crippen molar-refractivity contribution >= 4 is 17.2 Å². The summed E-state index contributed by atoms with van der Waals surface area (Å²) in [6.07, 6.45) is 0. The Morgan fingerprint density at radius 3 is 2.81 bits per heavy atom. The number of piperazine rings is 1. The standard InChI is InChI=1S/C18H18FN5OS/c1-12-11-20-8-9-23(12)18(25)16-21-17(15-3-2-10-26-15)24(22-16)14-6-4-13(19)5-7-14/h2-7,10,12,20H,8-9,11H2,1H3/t12-/m1/s1. The third-order valence-corrected chi connectivity index (χ3v) is 5.24. The SMILES string of the molecule is C[C@@H]1CNCCN1C(=O)c1nc(-c2cccs2)n(-c2ccc(F)cc2)n1. The highest BCUT2D eigenvalue weighted by Gasteiger charge is 2.28. The molecule has 1 amide bonds. The van der Waals surface area contributed by atoms with Gasteiger partial charge >= 0.3 is 0 Å². The van der Waals surface area contributed by atoms with Crippen LogP contribution in [0.3, 0.4) is 0 Å². The van der Waals surface area contributed by atoms with Crippen molar-refractivity contribution in [1.29, 1.82) is 0 Å². The van der Waals surface area contributed by atoms with Gasteiger partial charge < -0.3 is 10.2 Å². The Bertz CT molecular complexity index is 906. The van der Waals surface area contributed by atoms with Gasteiger partial charge in [-0.25, -0.2) is 14.1 Å². The van der Waals surface area contributed by atoms with E-state index in [2.05, 4.69) is 15.4 Å². The van der Waals surface area contributed by atoms with Gasteiger partial charge in [0, 0.05) is 25.7 Å². The number of halogens is 1. The number of carbonyl (C=O) groups excluding carboxylic acids is 1. The van der Waals surface area contributed by atoms with Gasteiger partial charge in [0.2, 0.25) is 5.82 Å². The Labute approximate surface area is 154 Å². The molecule has 0 spiro atoms. The summed E-state index contributed by atoms with van der Waals surface area (Å²) >= 11 is 1.52. The van der Waals surface area contributed by atoms with Crippen LogP contribution >= 0.6 is 11.3 Å². The molecular weight excluding hydrogens is 353 g/mol. The third kappa shape index (κ3) is 3.13. The van der Waals surface area contributed by atoms with E-state index < -0.39 is 0 Å². The molecule has 4 rings (SSSR count). The second kappa shape index (κ2) is 6.97. The van der Waals surface area contributed by atoms with Crippen molar-refractivity contribution in [3.8, 4) is 16.4 Å². The van der Waals surface area contributed by atoms with Crippen molar-refractivity contribution in [2.24, 2.45) is 0 Å². The molecule has 8 heteroatoms. The summed E-state index contributed by atoms with van der Waals surface area (Å²) in [5.74, 6) is 0.236. The second-order valence-corrected chi connectivity index (χ2v) is 7.12. The van der Waals surface area contributed by atoms with Crippen molar-refractivity contribution in [3.63, 3.8) is 0 Å². The lowest BCUT2D eigenvalue weighted by Crippen LogP contribution is -2.52. The molecule has 1 aliphatic heterocycles. The lowest BCUT2D eigenvalue weighted by atomic mass is 10.2. The van der Waals surface area contributed by atoms with E-state index in [0.717, 1.165) is 18.0 Å². The van der Waals surface area contributed by atoms with E-state index in [-0.39, 0.29) is 23.6 Å². The molecule has 0 bridgehead atoms. The molecule has 1 saturated heterocycles. The number of carbonyl (C=O) groups is 1. The van der Waals surface area contributed by atoms with Gasteiger partial charge in [0.15, 0.2) is 5.82 Å². The minimum Gasteiger partial charge on any atom is -0.331 e. The monoisotopic (exact) mass is 371 g/mol. The first kappa shape index (κ1) is 16.9. The highest BCUT2D eigenvalue weighted by Crippen LogP contribution is 2.26. The van der Waals surface area contributed by atoms with Gasteiger partial charge in [0.25, 0.3) is 5.91 Å². The Kier molecular flexibility index (Phi) is 4.52. The first-order valence-corrected chi connectivity index (χ1v) is 9.30. The average Bonchev–Trinajstić information content (AvgIpc) is 3.32. The van der Waals surface area contributed by atoms with E-state index in [1.165, 1.54) is 23.5 Å². The summed E-state index contributed by atoms with van der Waals surface area (Å²) in [6.45, 7) is 4.13. The fraction of sp³-hybridized carbons (Fsp3) is 0.278. The molecule has 1 fully saturated rings. The highest BCUT2D eigenvalue weighted by atomic mass is 32.1. The maximum absolute atomic E-state index is 13.3. The van der Waals surface area contributed by atoms with Gasteiger partial charge in [0.05, 0.1) is 10.6 Å². The smallest absolute Gasteiger partial charge is 0.293 e. The van der Waals surface area contributed by atoms with E-state index in [1.54, 1.807) is 21.7 Å². The van der Waals surface area contributed by atoms with E-state index in [9.17, 15) is 9.18 Å². The molecule has 26 heavy (non-hydrogen) atoms. The van der Waals surface area contributed by atoms with Gasteiger partial charge in [-0.05, 0) is 42.6 Å². The third-order valence-electron chi connectivity index (χ3n) is 4.37. The van der Waals surface area contributed by atoms with E-state index in [1.807, 2.05) is 24.4 Å². The number of nitrogens with one attached hydrogen (secondary N) is 1. The predicted molar refractivity (Wildman–Crippen MR) is 98.0 cm³/mol. The van der Waals surface area contributed by atoms with Crippen molar-refractivity contribution in [2.45, 2.75) is 13.0 Å². The fourth-order valence-electron chi connectivity index (χ4n) is 3.00. The summed E-state index contributed by atoms with van der Waals surface area (Å²) in [6, 6.07) is 9.93. The predicted octanol–water partition coefficient (Wildman–Crippen LogP) is 2.57. The lowest BCUT2D eigenvalue weighted by Gasteiger charge is -2.33. The van der Waals surface area contributed by atoms with Crippen LogP contribution in [0.1, 0.15) is 17.5 Å². The number of rotatable bonds is 3. The molecule has 1 aliphatic rings. The number of benzene rings is 1. The van der Waals surface area contributed by atoms with Gasteiger partial charge in [-0.3, -0.25) is 4.79 Å². The molecule has 3 aromatic rings. The van der Waals surface area contributed by atoms with E-state index in [0.29, 0.717) is 18.1 Å². The quantitative estimate of drug-likeness (QED) is 0.769. The number of amides is 1. The summed E-state index contributed by atoms with van der Waals surface area (Å²) in [7, 11) is 0. The zero-order valence-electron chi connectivity index (χ0n) is 14.2. The van der Waals surface area contributed by atoms with Crippen LogP contribution in [-0.2, 0) is 0 Å². The van der Waals surface area contributed by atoms with Gasteiger partial charge in [-0.15, -0.1) is 16.4 Å². The summed E-state index contributed by atoms with van der Waals surface area (Å²) in [5, 5.41) is 9.66. The first-order valence-electron chi connectivity index (χ1n) is 8.42. The number of nitrogens with zero attached hydrogens (tertiary/aromatic N) is 4. The van der Waals surface area contributed by atoms with Crippen LogP contribution in [0.15, 0.2) is 41.8 Å². The van der Waals surface area contributed by atoms with Crippen molar-refractivity contribution < 1.29 is 9.18 Å². The van der Waals surface area contributed by atoms with Crippen LogP contribution in [0.25, 0.3) is 16.4 Å². The molecule has 1 atom stereocenters. The van der Waals surface area contributed by atoms with Crippen LogP contribution < -0.4 is 5.32 Å². The maximum Gasteiger partial charge on any atom is 0.293 e. The van der Waals surface area contributed by atoms with Crippen LogP contribution in [0.5, 0.6) is 0 Å². The normalized spacial score (nSPS) is 17.5. The molecule has 3 heterocycles. The summed E-state index contributed by atoms with van der Waals surface area (Å²) in [5.41, 5.74) is 0.662. The molecule has 0 saturated carbocycles. The van der Waals surface area contributed by atoms with Crippen LogP contribution in [0.4, 0.5) is 4.39 Å². The minimum absolute atomic E-state index is 0.0826. The highest BCUT2D eigenvalue weighted by molar-refractivity contribution is 7.13. The number of aromatic nitrogens is 3. The van der Waals surface area contributed by atoms with Crippen LogP contribution in [0.2, 0.25) is 0 Å². The summed E-state index contributed by atoms with van der Waals surface area (Å²) in [4.78, 5) is 20.1. The number of hydrogen-bond acceptors (Lipinski definition) is 5. The van der Waals surface area contributed by atoms with Crippen LogP contribution in [0, 0.1) is 5.82 Å².